The average molecular weight is 344 g/mol. The molecule has 23 heavy (non-hydrogen) atoms. The van der Waals surface area contributed by atoms with Crippen molar-refractivity contribution in [1.82, 2.24) is 9.97 Å². The number of benzene rings is 1. The number of aryl methyl sites for hydroxylation is 2. The highest BCUT2D eigenvalue weighted by atomic mass is 32.2. The summed E-state index contributed by atoms with van der Waals surface area (Å²) in [5, 5.41) is -0.130. The molecule has 0 spiro atoms. The topological polar surface area (TPSA) is 59.9 Å². The van der Waals surface area contributed by atoms with Crippen LogP contribution in [-0.2, 0) is 22.7 Å². The third-order valence-electron chi connectivity index (χ3n) is 3.38. The van der Waals surface area contributed by atoms with E-state index in [1.54, 1.807) is 17.4 Å². The van der Waals surface area contributed by atoms with Crippen LogP contribution in [0.5, 0.6) is 0 Å². The molecule has 3 rings (SSSR count). The number of hydrogen-bond donors (Lipinski definition) is 0. The second-order valence-corrected chi connectivity index (χ2v) is 8.33. The van der Waals surface area contributed by atoms with Gasteiger partial charge in [0.1, 0.15) is 0 Å². The van der Waals surface area contributed by atoms with Crippen LogP contribution in [0.1, 0.15) is 10.4 Å². The van der Waals surface area contributed by atoms with E-state index >= 15 is 0 Å². The Morgan fingerprint density at radius 1 is 1.00 bits per heavy atom. The lowest BCUT2D eigenvalue weighted by molar-refractivity contribution is 0.593. The Morgan fingerprint density at radius 2 is 1.78 bits per heavy atom. The summed E-state index contributed by atoms with van der Waals surface area (Å²) in [7, 11) is -3.39. The first-order valence-electron chi connectivity index (χ1n) is 7.18. The van der Waals surface area contributed by atoms with E-state index in [9.17, 15) is 8.42 Å². The molecule has 0 saturated heterocycles. The zero-order valence-electron chi connectivity index (χ0n) is 12.6. The Hall–Kier alpha value is -2.05. The van der Waals surface area contributed by atoms with E-state index in [0.717, 1.165) is 24.0 Å². The van der Waals surface area contributed by atoms with Crippen LogP contribution in [0, 0.1) is 0 Å². The fourth-order valence-corrected chi connectivity index (χ4v) is 3.71. The van der Waals surface area contributed by atoms with E-state index in [4.69, 9.17) is 0 Å². The number of hydrogen-bond acceptors (Lipinski definition) is 5. The Bertz CT molecular complexity index is 903. The number of thiophene rings is 1. The molecule has 3 aromatic rings. The van der Waals surface area contributed by atoms with Gasteiger partial charge < -0.3 is 0 Å². The standard InChI is InChI=1S/C17H16N2O2S2/c1-23(20,21)17-18-12-11-15(19-17)16-10-9-14(22-16)8-7-13-5-3-2-4-6-13/h2-6,9-12H,7-8H2,1H3. The molecule has 2 heterocycles. The van der Waals surface area contributed by atoms with Crippen molar-refractivity contribution in [3.63, 3.8) is 0 Å². The van der Waals surface area contributed by atoms with Crippen molar-refractivity contribution >= 4 is 21.2 Å². The lowest BCUT2D eigenvalue weighted by Gasteiger charge is -2.00. The maximum Gasteiger partial charge on any atom is 0.247 e. The molecule has 0 amide bonds. The molecule has 118 valence electrons. The van der Waals surface area contributed by atoms with Crippen LogP contribution < -0.4 is 0 Å². The summed E-state index contributed by atoms with van der Waals surface area (Å²) in [4.78, 5) is 10.2. The molecular weight excluding hydrogens is 328 g/mol. The number of aromatic nitrogens is 2. The third kappa shape index (κ3) is 4.03. The second-order valence-electron chi connectivity index (χ2n) is 5.25. The van der Waals surface area contributed by atoms with Gasteiger partial charge in [-0.15, -0.1) is 11.3 Å². The molecule has 1 aromatic carbocycles. The summed E-state index contributed by atoms with van der Waals surface area (Å²) in [6.07, 6.45) is 4.55. The van der Waals surface area contributed by atoms with Gasteiger partial charge in [-0.1, -0.05) is 30.3 Å². The molecule has 0 aliphatic rings. The minimum Gasteiger partial charge on any atom is -0.227 e. The summed E-state index contributed by atoms with van der Waals surface area (Å²) >= 11 is 1.64. The van der Waals surface area contributed by atoms with Crippen molar-refractivity contribution in [3.8, 4) is 10.6 Å². The first-order chi connectivity index (χ1) is 11.0. The fourth-order valence-electron chi connectivity index (χ4n) is 2.22. The Labute approximate surface area is 139 Å². The molecule has 0 aliphatic heterocycles. The Balaban J connectivity index is 1.77. The van der Waals surface area contributed by atoms with E-state index in [-0.39, 0.29) is 5.16 Å². The number of nitrogens with zero attached hydrogens (tertiary/aromatic N) is 2. The van der Waals surface area contributed by atoms with Gasteiger partial charge in [0.15, 0.2) is 0 Å². The van der Waals surface area contributed by atoms with E-state index in [1.165, 1.54) is 16.6 Å². The van der Waals surface area contributed by atoms with E-state index in [2.05, 4.69) is 28.2 Å². The number of rotatable bonds is 5. The second kappa shape index (κ2) is 6.60. The highest BCUT2D eigenvalue weighted by molar-refractivity contribution is 7.90. The predicted molar refractivity (Wildman–Crippen MR) is 92.3 cm³/mol. The van der Waals surface area contributed by atoms with Crippen LogP contribution in [0.25, 0.3) is 10.6 Å². The minimum absolute atomic E-state index is 0.130. The highest BCUT2D eigenvalue weighted by Gasteiger charge is 2.13. The average Bonchev–Trinajstić information content (AvgIpc) is 3.02. The van der Waals surface area contributed by atoms with Gasteiger partial charge in [0.25, 0.3) is 0 Å². The van der Waals surface area contributed by atoms with Gasteiger partial charge in [-0.2, -0.15) is 0 Å². The van der Waals surface area contributed by atoms with Gasteiger partial charge in [0.2, 0.25) is 15.0 Å². The summed E-state index contributed by atoms with van der Waals surface area (Å²) in [5.74, 6) is 0. The Kier molecular flexibility index (Phi) is 4.54. The smallest absolute Gasteiger partial charge is 0.227 e. The van der Waals surface area contributed by atoms with Crippen LogP contribution in [-0.4, -0.2) is 24.6 Å². The fraction of sp³-hybridized carbons (Fsp3) is 0.176. The maximum atomic E-state index is 11.6. The molecule has 0 N–H and O–H groups in total. The van der Waals surface area contributed by atoms with Gasteiger partial charge in [0, 0.05) is 17.3 Å². The van der Waals surface area contributed by atoms with Crippen LogP contribution in [0.2, 0.25) is 0 Å². The summed E-state index contributed by atoms with van der Waals surface area (Å²) < 4.78 is 23.1. The highest BCUT2D eigenvalue weighted by Crippen LogP contribution is 2.27. The maximum absolute atomic E-state index is 11.6. The van der Waals surface area contributed by atoms with Gasteiger partial charge in [-0.05, 0) is 36.6 Å². The largest absolute Gasteiger partial charge is 0.247 e. The molecule has 2 aromatic heterocycles. The number of sulfone groups is 1. The van der Waals surface area contributed by atoms with Crippen molar-refractivity contribution in [2.75, 3.05) is 6.26 Å². The van der Waals surface area contributed by atoms with Crippen LogP contribution >= 0.6 is 11.3 Å². The van der Waals surface area contributed by atoms with Crippen molar-refractivity contribution in [2.45, 2.75) is 18.0 Å². The normalized spacial score (nSPS) is 11.5. The first kappa shape index (κ1) is 15.8. The summed E-state index contributed by atoms with van der Waals surface area (Å²) in [6, 6.07) is 16.1. The molecule has 0 atom stereocenters. The molecule has 0 radical (unpaired) electrons. The molecule has 0 unspecified atom stereocenters. The van der Waals surface area contributed by atoms with Gasteiger partial charge in [-0.3, -0.25) is 0 Å². The predicted octanol–water partition coefficient (Wildman–Crippen LogP) is 3.39. The molecular formula is C17H16N2O2S2. The molecule has 0 saturated carbocycles. The molecule has 4 nitrogen and oxygen atoms in total. The van der Waals surface area contributed by atoms with Gasteiger partial charge >= 0.3 is 0 Å². The molecule has 0 bridgehead atoms. The van der Waals surface area contributed by atoms with Crippen molar-refractivity contribution in [2.24, 2.45) is 0 Å². The summed E-state index contributed by atoms with van der Waals surface area (Å²) in [6.45, 7) is 0. The quantitative estimate of drug-likeness (QED) is 0.666. The van der Waals surface area contributed by atoms with Crippen LogP contribution in [0.3, 0.4) is 0 Å². The molecule has 0 fully saturated rings. The van der Waals surface area contributed by atoms with E-state index in [1.807, 2.05) is 24.3 Å². The zero-order valence-corrected chi connectivity index (χ0v) is 14.3. The third-order valence-corrected chi connectivity index (χ3v) is 5.41. The first-order valence-corrected chi connectivity index (χ1v) is 9.89. The summed E-state index contributed by atoms with van der Waals surface area (Å²) in [5.41, 5.74) is 1.96. The SMILES string of the molecule is CS(=O)(=O)c1nccc(-c2ccc(CCc3ccccc3)s2)n1. The molecule has 6 heteroatoms. The minimum atomic E-state index is -3.39. The molecule has 0 aliphatic carbocycles. The lowest BCUT2D eigenvalue weighted by Crippen LogP contribution is -2.03. The van der Waals surface area contributed by atoms with E-state index in [0.29, 0.717) is 5.69 Å². The monoisotopic (exact) mass is 344 g/mol. The van der Waals surface area contributed by atoms with Gasteiger partial charge in [-0.25, -0.2) is 18.4 Å². The van der Waals surface area contributed by atoms with Crippen molar-refractivity contribution in [3.05, 3.63) is 65.2 Å². The zero-order chi connectivity index (χ0) is 16.3. The van der Waals surface area contributed by atoms with Crippen molar-refractivity contribution < 1.29 is 8.42 Å². The lowest BCUT2D eigenvalue weighted by atomic mass is 10.1. The van der Waals surface area contributed by atoms with Gasteiger partial charge in [0.05, 0.1) is 10.6 Å². The van der Waals surface area contributed by atoms with E-state index < -0.39 is 9.84 Å². The Morgan fingerprint density at radius 3 is 2.52 bits per heavy atom. The van der Waals surface area contributed by atoms with Crippen molar-refractivity contribution in [1.29, 1.82) is 0 Å². The van der Waals surface area contributed by atoms with Crippen LogP contribution in [0.4, 0.5) is 0 Å². The van der Waals surface area contributed by atoms with Crippen LogP contribution in [0.15, 0.2) is 59.9 Å².